The molecule has 2 aromatic rings. The van der Waals surface area contributed by atoms with Gasteiger partial charge in [-0.2, -0.15) is 0 Å². The molecule has 1 N–H and O–H groups in total. The van der Waals surface area contributed by atoms with E-state index >= 15 is 0 Å². The zero-order valence-electron chi connectivity index (χ0n) is 13.1. The van der Waals surface area contributed by atoms with Gasteiger partial charge in [0.05, 0.1) is 6.04 Å². The third-order valence-corrected chi connectivity index (χ3v) is 5.65. The van der Waals surface area contributed by atoms with Crippen molar-refractivity contribution in [3.63, 3.8) is 0 Å². The molecule has 0 radical (unpaired) electrons. The summed E-state index contributed by atoms with van der Waals surface area (Å²) in [6, 6.07) is 14.9. The summed E-state index contributed by atoms with van der Waals surface area (Å²) in [5.41, 5.74) is 4.41. The molecule has 118 valence electrons. The van der Waals surface area contributed by atoms with Crippen LogP contribution in [0, 0.1) is 0 Å². The van der Waals surface area contributed by atoms with Gasteiger partial charge in [0.2, 0.25) is 0 Å². The number of carbonyl (C=O) groups is 1. The first-order valence-corrected chi connectivity index (χ1v) is 8.84. The van der Waals surface area contributed by atoms with Crippen molar-refractivity contribution in [1.29, 1.82) is 0 Å². The van der Waals surface area contributed by atoms with Gasteiger partial charge in [-0.15, -0.1) is 0 Å². The maximum Gasteiger partial charge on any atom is 0.255 e. The van der Waals surface area contributed by atoms with Crippen molar-refractivity contribution in [3.05, 3.63) is 69.2 Å². The normalized spacial score (nSPS) is 22.9. The van der Waals surface area contributed by atoms with Crippen LogP contribution in [0.3, 0.4) is 0 Å². The number of halogens is 1. The number of amides is 1. The van der Waals surface area contributed by atoms with E-state index in [-0.39, 0.29) is 18.0 Å². The Morgan fingerprint density at radius 3 is 2.74 bits per heavy atom. The van der Waals surface area contributed by atoms with Gasteiger partial charge in [0.15, 0.2) is 0 Å². The molecule has 0 bridgehead atoms. The summed E-state index contributed by atoms with van der Waals surface area (Å²) in [6.45, 7) is 3.83. The van der Waals surface area contributed by atoms with Crippen molar-refractivity contribution in [3.8, 4) is 0 Å². The summed E-state index contributed by atoms with van der Waals surface area (Å²) < 4.78 is 1.02. The molecule has 0 aliphatic carbocycles. The van der Waals surface area contributed by atoms with Crippen LogP contribution in [0.1, 0.15) is 40.0 Å². The van der Waals surface area contributed by atoms with E-state index in [9.17, 15) is 4.79 Å². The number of hydrogen-bond donors (Lipinski definition) is 1. The number of hydrogen-bond acceptors (Lipinski definition) is 2. The molecule has 2 atom stereocenters. The van der Waals surface area contributed by atoms with E-state index in [1.54, 1.807) is 0 Å². The molecule has 2 unspecified atom stereocenters. The van der Waals surface area contributed by atoms with Crippen molar-refractivity contribution in [2.24, 2.45) is 0 Å². The van der Waals surface area contributed by atoms with Crippen molar-refractivity contribution in [2.75, 3.05) is 13.1 Å². The zero-order chi connectivity index (χ0) is 16.0. The minimum Gasteiger partial charge on any atom is -0.326 e. The topological polar surface area (TPSA) is 32.3 Å². The fourth-order valence-corrected chi connectivity index (χ4v) is 4.28. The van der Waals surface area contributed by atoms with Crippen LogP contribution in [-0.4, -0.2) is 29.9 Å². The molecule has 23 heavy (non-hydrogen) atoms. The lowest BCUT2D eigenvalue weighted by Gasteiger charge is -2.36. The molecule has 2 aliphatic rings. The summed E-state index contributed by atoms with van der Waals surface area (Å²) in [6.07, 6.45) is 0.776. The Hall–Kier alpha value is -1.65. The van der Waals surface area contributed by atoms with Crippen LogP contribution in [0.5, 0.6) is 0 Å². The largest absolute Gasteiger partial charge is 0.326 e. The van der Waals surface area contributed by atoms with Crippen LogP contribution in [0.2, 0.25) is 0 Å². The van der Waals surface area contributed by atoms with Crippen LogP contribution in [0.25, 0.3) is 0 Å². The van der Waals surface area contributed by atoms with E-state index in [1.807, 2.05) is 18.2 Å². The molecule has 3 nitrogen and oxygen atoms in total. The van der Waals surface area contributed by atoms with Gasteiger partial charge < -0.3 is 10.2 Å². The minimum atomic E-state index is 0.170. The summed E-state index contributed by atoms with van der Waals surface area (Å²) in [4.78, 5) is 15.1. The Morgan fingerprint density at radius 1 is 1.17 bits per heavy atom. The lowest BCUT2D eigenvalue weighted by atomic mass is 9.95. The van der Waals surface area contributed by atoms with Gasteiger partial charge in [0.25, 0.3) is 5.91 Å². The van der Waals surface area contributed by atoms with Crippen LogP contribution >= 0.6 is 15.9 Å². The molecular formula is C19H19BrN2O. The first kappa shape index (κ1) is 14.9. The Balaban J connectivity index is 1.81. The first-order valence-electron chi connectivity index (χ1n) is 8.05. The van der Waals surface area contributed by atoms with E-state index < -0.39 is 0 Å². The highest BCUT2D eigenvalue weighted by Crippen LogP contribution is 2.40. The van der Waals surface area contributed by atoms with Crippen LogP contribution in [-0.2, 0) is 6.42 Å². The molecular weight excluding hydrogens is 352 g/mol. The Labute approximate surface area is 144 Å². The monoisotopic (exact) mass is 370 g/mol. The van der Waals surface area contributed by atoms with Crippen molar-refractivity contribution in [1.82, 2.24) is 10.2 Å². The van der Waals surface area contributed by atoms with Crippen molar-refractivity contribution in [2.45, 2.75) is 25.4 Å². The van der Waals surface area contributed by atoms with Crippen LogP contribution in [0.4, 0.5) is 0 Å². The fourth-order valence-electron chi connectivity index (χ4n) is 3.81. The molecule has 1 saturated heterocycles. The SMILES string of the molecule is CC1CNCC2c3ccc(Br)c(Cc4ccccc4)c3C(=O)N12. The zero-order valence-corrected chi connectivity index (χ0v) is 14.6. The summed E-state index contributed by atoms with van der Waals surface area (Å²) in [5.74, 6) is 0.186. The van der Waals surface area contributed by atoms with E-state index in [0.29, 0.717) is 0 Å². The summed E-state index contributed by atoms with van der Waals surface area (Å²) >= 11 is 3.66. The lowest BCUT2D eigenvalue weighted by Crippen LogP contribution is -2.50. The van der Waals surface area contributed by atoms with Gasteiger partial charge in [-0.25, -0.2) is 0 Å². The molecule has 0 aromatic heterocycles. The molecule has 4 rings (SSSR count). The molecule has 4 heteroatoms. The van der Waals surface area contributed by atoms with E-state index in [2.05, 4.69) is 57.3 Å². The van der Waals surface area contributed by atoms with Crippen molar-refractivity contribution < 1.29 is 4.79 Å². The quantitative estimate of drug-likeness (QED) is 0.876. The van der Waals surface area contributed by atoms with Crippen LogP contribution < -0.4 is 5.32 Å². The predicted molar refractivity (Wildman–Crippen MR) is 94.6 cm³/mol. The molecule has 1 fully saturated rings. The van der Waals surface area contributed by atoms with Gasteiger partial charge in [-0.1, -0.05) is 52.3 Å². The van der Waals surface area contributed by atoms with E-state index in [4.69, 9.17) is 0 Å². The average Bonchev–Trinajstić information content (AvgIpc) is 2.85. The summed E-state index contributed by atoms with van der Waals surface area (Å²) in [5, 5.41) is 3.45. The van der Waals surface area contributed by atoms with E-state index in [0.717, 1.165) is 35.1 Å². The lowest BCUT2D eigenvalue weighted by molar-refractivity contribution is 0.0582. The highest BCUT2D eigenvalue weighted by atomic mass is 79.9. The third-order valence-electron chi connectivity index (χ3n) is 4.91. The van der Waals surface area contributed by atoms with Gasteiger partial charge in [-0.05, 0) is 36.1 Å². The van der Waals surface area contributed by atoms with Crippen molar-refractivity contribution >= 4 is 21.8 Å². The van der Waals surface area contributed by atoms with Gasteiger partial charge in [0, 0.05) is 29.2 Å². The predicted octanol–water partition coefficient (Wildman–Crippen LogP) is 3.53. The second-order valence-electron chi connectivity index (χ2n) is 6.39. The Bertz CT molecular complexity index is 759. The smallest absolute Gasteiger partial charge is 0.255 e. The number of nitrogens with one attached hydrogen (secondary N) is 1. The first-order chi connectivity index (χ1) is 11.2. The van der Waals surface area contributed by atoms with Gasteiger partial charge in [-0.3, -0.25) is 4.79 Å². The number of fused-ring (bicyclic) bond motifs is 3. The van der Waals surface area contributed by atoms with Crippen LogP contribution in [0.15, 0.2) is 46.9 Å². The number of nitrogens with zero attached hydrogens (tertiary/aromatic N) is 1. The molecule has 2 heterocycles. The maximum absolute atomic E-state index is 13.1. The fraction of sp³-hybridized carbons (Fsp3) is 0.316. The second kappa shape index (κ2) is 5.77. The average molecular weight is 371 g/mol. The second-order valence-corrected chi connectivity index (χ2v) is 7.24. The molecule has 0 spiro atoms. The van der Waals surface area contributed by atoms with E-state index in [1.165, 1.54) is 11.1 Å². The Morgan fingerprint density at radius 2 is 1.96 bits per heavy atom. The summed E-state index contributed by atoms with van der Waals surface area (Å²) in [7, 11) is 0. The number of carbonyl (C=O) groups excluding carboxylic acids is 1. The molecule has 0 saturated carbocycles. The number of benzene rings is 2. The van der Waals surface area contributed by atoms with Gasteiger partial charge >= 0.3 is 0 Å². The minimum absolute atomic E-state index is 0.170. The highest BCUT2D eigenvalue weighted by Gasteiger charge is 2.42. The van der Waals surface area contributed by atoms with Gasteiger partial charge in [0.1, 0.15) is 0 Å². The standard InChI is InChI=1S/C19H19BrN2O/c1-12-10-21-11-17-14-7-8-16(20)15(18(14)19(23)22(12)17)9-13-5-3-2-4-6-13/h2-8,12,17,21H,9-11H2,1H3. The third kappa shape index (κ3) is 2.41. The highest BCUT2D eigenvalue weighted by molar-refractivity contribution is 9.10. The Kier molecular flexibility index (Phi) is 3.74. The molecule has 2 aromatic carbocycles. The number of rotatable bonds is 2. The maximum atomic E-state index is 13.1. The number of piperazine rings is 1. The molecule has 2 aliphatic heterocycles. The molecule has 1 amide bonds.